The number of nitrogens with one attached hydrogen (secondary N) is 3. The number of likely N-dealkylation sites (N-methyl/N-ethyl adjacent to an activating group) is 1. The number of rotatable bonds is 8. The van der Waals surface area contributed by atoms with E-state index in [9.17, 15) is 9.59 Å². The molecule has 166 valence electrons. The highest BCUT2D eigenvalue weighted by molar-refractivity contribution is 5.95. The van der Waals surface area contributed by atoms with Crippen LogP contribution in [0.5, 0.6) is 11.5 Å². The van der Waals surface area contributed by atoms with Gasteiger partial charge in [-0.2, -0.15) is 0 Å². The number of quaternary nitrogens is 1. The van der Waals surface area contributed by atoms with Crippen LogP contribution in [0.4, 0.5) is 11.4 Å². The van der Waals surface area contributed by atoms with E-state index in [-0.39, 0.29) is 18.4 Å². The maximum atomic E-state index is 12.7. The molecular weight excluding hydrogens is 402 g/mol. The van der Waals surface area contributed by atoms with Gasteiger partial charge in [0.15, 0.2) is 12.6 Å². The molecule has 3 aromatic rings. The van der Waals surface area contributed by atoms with Crippen molar-refractivity contribution >= 4 is 23.2 Å². The first-order chi connectivity index (χ1) is 15.3. The Morgan fingerprint density at radius 2 is 1.44 bits per heavy atom. The third-order valence-electron chi connectivity index (χ3n) is 5.42. The predicted octanol–water partition coefficient (Wildman–Crippen LogP) is 3.58. The molecule has 0 radical (unpaired) electrons. The number of hydrogen-bond donors (Lipinski definition) is 3. The molecule has 0 heterocycles. The molecule has 6 heteroatoms. The predicted molar refractivity (Wildman–Crippen MR) is 127 cm³/mol. The van der Waals surface area contributed by atoms with Crippen molar-refractivity contribution in [3.8, 4) is 11.5 Å². The van der Waals surface area contributed by atoms with Crippen LogP contribution in [-0.4, -0.2) is 31.4 Å². The van der Waals surface area contributed by atoms with Crippen LogP contribution in [0.15, 0.2) is 72.8 Å². The minimum absolute atomic E-state index is 0.123. The summed E-state index contributed by atoms with van der Waals surface area (Å²) in [5.41, 5.74) is 3.54. The van der Waals surface area contributed by atoms with Crippen LogP contribution < -0.4 is 20.3 Å². The van der Waals surface area contributed by atoms with Gasteiger partial charge in [0.05, 0.1) is 7.05 Å². The van der Waals surface area contributed by atoms with Gasteiger partial charge in [0.2, 0.25) is 0 Å². The van der Waals surface area contributed by atoms with E-state index in [1.54, 1.807) is 12.1 Å². The van der Waals surface area contributed by atoms with E-state index in [2.05, 4.69) is 10.6 Å². The Labute approximate surface area is 189 Å². The molecule has 3 rings (SSSR count). The standard InChI is InChI=1S/C26H29N3O3/c1-18-9-8-10-19(2)25(18)28-24(30)17-29(4)20(3)26(31)27-21-13-15-23(16-14-21)32-22-11-6-5-7-12-22/h5-16,20H,17H2,1-4H3,(H,27,31)(H,28,30)/p+1/t20-/m0/s1. The monoisotopic (exact) mass is 432 g/mol. The molecule has 0 bridgehead atoms. The van der Waals surface area contributed by atoms with Crippen LogP contribution in [-0.2, 0) is 9.59 Å². The minimum Gasteiger partial charge on any atom is -0.457 e. The fourth-order valence-electron chi connectivity index (χ4n) is 3.31. The molecule has 3 N–H and O–H groups in total. The smallest absolute Gasteiger partial charge is 0.282 e. The Balaban J connectivity index is 1.52. The number of hydrogen-bond acceptors (Lipinski definition) is 3. The number of carbonyl (C=O) groups excluding carboxylic acids is 2. The molecule has 0 aliphatic heterocycles. The zero-order valence-corrected chi connectivity index (χ0v) is 18.9. The molecule has 6 nitrogen and oxygen atoms in total. The Bertz CT molecular complexity index is 1050. The average Bonchev–Trinajstić information content (AvgIpc) is 2.78. The number of aryl methyl sites for hydroxylation is 2. The lowest BCUT2D eigenvalue weighted by Gasteiger charge is -2.21. The lowest BCUT2D eigenvalue weighted by molar-refractivity contribution is -0.885. The van der Waals surface area contributed by atoms with Crippen molar-refractivity contribution in [2.24, 2.45) is 0 Å². The number of benzene rings is 3. The quantitative estimate of drug-likeness (QED) is 0.510. The van der Waals surface area contributed by atoms with E-state index < -0.39 is 6.04 Å². The lowest BCUT2D eigenvalue weighted by atomic mass is 10.1. The van der Waals surface area contributed by atoms with Gasteiger partial charge in [0, 0.05) is 11.4 Å². The zero-order valence-electron chi connectivity index (χ0n) is 18.9. The molecule has 0 saturated carbocycles. The summed E-state index contributed by atoms with van der Waals surface area (Å²) in [7, 11) is 1.84. The largest absolute Gasteiger partial charge is 0.457 e. The van der Waals surface area contributed by atoms with Crippen molar-refractivity contribution in [2.75, 3.05) is 24.2 Å². The van der Waals surface area contributed by atoms with Crippen LogP contribution in [0, 0.1) is 13.8 Å². The third-order valence-corrected chi connectivity index (χ3v) is 5.42. The molecule has 32 heavy (non-hydrogen) atoms. The molecule has 2 amide bonds. The summed E-state index contributed by atoms with van der Waals surface area (Å²) in [6.07, 6.45) is 0. The molecule has 0 fully saturated rings. The van der Waals surface area contributed by atoms with Gasteiger partial charge >= 0.3 is 0 Å². The zero-order chi connectivity index (χ0) is 23.1. The lowest BCUT2D eigenvalue weighted by Crippen LogP contribution is -3.14. The molecule has 3 aromatic carbocycles. The van der Waals surface area contributed by atoms with Gasteiger partial charge in [-0.05, 0) is 68.3 Å². The first kappa shape index (κ1) is 23.0. The van der Waals surface area contributed by atoms with Gasteiger partial charge in [-0.1, -0.05) is 36.4 Å². The van der Waals surface area contributed by atoms with E-state index in [0.29, 0.717) is 11.4 Å². The summed E-state index contributed by atoms with van der Waals surface area (Å²) < 4.78 is 5.77. The topological polar surface area (TPSA) is 71.9 Å². The molecule has 0 aliphatic rings. The normalized spacial score (nSPS) is 12.5. The van der Waals surface area contributed by atoms with Crippen molar-refractivity contribution in [1.29, 1.82) is 0 Å². The van der Waals surface area contributed by atoms with E-state index in [1.165, 1.54) is 0 Å². The van der Waals surface area contributed by atoms with E-state index in [0.717, 1.165) is 27.5 Å². The second-order valence-electron chi connectivity index (χ2n) is 7.99. The first-order valence-corrected chi connectivity index (χ1v) is 10.7. The van der Waals surface area contributed by atoms with E-state index in [1.807, 2.05) is 88.5 Å². The van der Waals surface area contributed by atoms with Crippen molar-refractivity contribution in [2.45, 2.75) is 26.8 Å². The minimum atomic E-state index is -0.404. The third kappa shape index (κ3) is 6.18. The van der Waals surface area contributed by atoms with Crippen molar-refractivity contribution < 1.29 is 19.2 Å². The molecular formula is C26H30N3O3+. The van der Waals surface area contributed by atoms with Gasteiger partial charge in [-0.3, -0.25) is 9.59 Å². The maximum absolute atomic E-state index is 12.7. The highest BCUT2D eigenvalue weighted by Gasteiger charge is 2.24. The summed E-state index contributed by atoms with van der Waals surface area (Å²) in [4.78, 5) is 26.0. The van der Waals surface area contributed by atoms with Gasteiger partial charge < -0.3 is 20.3 Å². The Morgan fingerprint density at radius 3 is 2.06 bits per heavy atom. The molecule has 0 aromatic heterocycles. The molecule has 0 aliphatic carbocycles. The summed E-state index contributed by atoms with van der Waals surface area (Å²) in [5.74, 6) is 1.16. The van der Waals surface area contributed by atoms with E-state index in [4.69, 9.17) is 4.74 Å². The molecule has 0 spiro atoms. The summed E-state index contributed by atoms with van der Waals surface area (Å²) in [5, 5.41) is 5.88. The SMILES string of the molecule is Cc1cccc(C)c1NC(=O)C[NH+](C)[C@@H](C)C(=O)Nc1ccc(Oc2ccccc2)cc1. The number of amides is 2. The van der Waals surface area contributed by atoms with Crippen LogP contribution in [0.3, 0.4) is 0 Å². The fraction of sp³-hybridized carbons (Fsp3) is 0.231. The highest BCUT2D eigenvalue weighted by Crippen LogP contribution is 2.22. The summed E-state index contributed by atoms with van der Waals surface area (Å²) in [6.45, 7) is 5.92. The summed E-state index contributed by atoms with van der Waals surface area (Å²) in [6, 6.07) is 22.2. The average molecular weight is 433 g/mol. The van der Waals surface area contributed by atoms with E-state index >= 15 is 0 Å². The fourth-order valence-corrected chi connectivity index (χ4v) is 3.31. The van der Waals surface area contributed by atoms with Gasteiger partial charge in [-0.25, -0.2) is 0 Å². The van der Waals surface area contributed by atoms with Crippen LogP contribution in [0.1, 0.15) is 18.1 Å². The summed E-state index contributed by atoms with van der Waals surface area (Å²) >= 11 is 0. The molecule has 0 saturated heterocycles. The number of anilines is 2. The molecule has 1 unspecified atom stereocenters. The number of carbonyl (C=O) groups is 2. The van der Waals surface area contributed by atoms with Gasteiger partial charge in [0.25, 0.3) is 11.8 Å². The second kappa shape index (κ2) is 10.6. The van der Waals surface area contributed by atoms with Crippen LogP contribution in [0.25, 0.3) is 0 Å². The van der Waals surface area contributed by atoms with Crippen molar-refractivity contribution in [3.05, 3.63) is 83.9 Å². The Hall–Kier alpha value is -3.64. The van der Waals surface area contributed by atoms with Crippen LogP contribution >= 0.6 is 0 Å². The van der Waals surface area contributed by atoms with Gasteiger partial charge in [0.1, 0.15) is 11.5 Å². The van der Waals surface area contributed by atoms with Gasteiger partial charge in [-0.15, -0.1) is 0 Å². The maximum Gasteiger partial charge on any atom is 0.282 e. The Kier molecular flexibility index (Phi) is 7.63. The first-order valence-electron chi connectivity index (χ1n) is 10.7. The van der Waals surface area contributed by atoms with Crippen molar-refractivity contribution in [3.63, 3.8) is 0 Å². The molecule has 2 atom stereocenters. The number of para-hydroxylation sites is 2. The highest BCUT2D eigenvalue weighted by atomic mass is 16.5. The van der Waals surface area contributed by atoms with Crippen molar-refractivity contribution in [1.82, 2.24) is 0 Å². The number of ether oxygens (including phenoxy) is 1. The van der Waals surface area contributed by atoms with Crippen LogP contribution in [0.2, 0.25) is 0 Å². The Morgan fingerprint density at radius 1 is 0.844 bits per heavy atom. The second-order valence-corrected chi connectivity index (χ2v) is 7.99.